The lowest BCUT2D eigenvalue weighted by Crippen LogP contribution is -2.50. The van der Waals surface area contributed by atoms with E-state index in [0.29, 0.717) is 12.1 Å². The second kappa shape index (κ2) is 7.52. The second-order valence-corrected chi connectivity index (χ2v) is 7.43. The average molecular weight is 311 g/mol. The molecule has 5 heteroatoms. The Morgan fingerprint density at radius 2 is 1.62 bits per heavy atom. The van der Waals surface area contributed by atoms with Crippen molar-refractivity contribution in [3.05, 3.63) is 0 Å². The molecule has 2 aliphatic carbocycles. The van der Waals surface area contributed by atoms with Crippen LogP contribution in [-0.4, -0.2) is 34.8 Å². The minimum atomic E-state index is -0.415. The van der Waals surface area contributed by atoms with E-state index in [-0.39, 0.29) is 0 Å². The fourth-order valence-corrected chi connectivity index (χ4v) is 3.65. The van der Waals surface area contributed by atoms with Crippen LogP contribution >= 0.6 is 12.2 Å². The molecular formula is C16H30N4S. The van der Waals surface area contributed by atoms with Crippen LogP contribution in [0, 0.1) is 0 Å². The Kier molecular flexibility index (Phi) is 5.97. The van der Waals surface area contributed by atoms with Crippen LogP contribution in [0.15, 0.2) is 10.2 Å². The molecule has 0 aromatic carbocycles. The smallest absolute Gasteiger partial charge is 0.170 e. The molecule has 0 radical (unpaired) electrons. The van der Waals surface area contributed by atoms with E-state index < -0.39 is 5.66 Å². The Labute approximate surface area is 134 Å². The third-order valence-electron chi connectivity index (χ3n) is 4.65. The SMILES string of the molecule is CN(C(=S)NC(C)(C)/N=N/C1CCCCC1)C1CCCC1. The van der Waals surface area contributed by atoms with Gasteiger partial charge in [-0.25, -0.2) is 0 Å². The highest BCUT2D eigenvalue weighted by molar-refractivity contribution is 7.80. The number of hydrogen-bond donors (Lipinski definition) is 1. The van der Waals surface area contributed by atoms with Crippen LogP contribution in [0.4, 0.5) is 0 Å². The molecule has 0 aromatic rings. The molecule has 0 atom stereocenters. The third kappa shape index (κ3) is 5.20. The monoisotopic (exact) mass is 310 g/mol. The van der Waals surface area contributed by atoms with E-state index >= 15 is 0 Å². The first-order valence-corrected chi connectivity index (χ1v) is 8.86. The Morgan fingerprint density at radius 3 is 2.24 bits per heavy atom. The summed E-state index contributed by atoms with van der Waals surface area (Å²) in [6.07, 6.45) is 11.5. The summed E-state index contributed by atoms with van der Waals surface area (Å²) in [5.41, 5.74) is -0.415. The molecule has 2 saturated carbocycles. The van der Waals surface area contributed by atoms with Crippen molar-refractivity contribution in [3.8, 4) is 0 Å². The highest BCUT2D eigenvalue weighted by Gasteiger charge is 2.25. The summed E-state index contributed by atoms with van der Waals surface area (Å²) in [6, 6.07) is 1.01. The number of rotatable bonds is 4. The van der Waals surface area contributed by atoms with Crippen molar-refractivity contribution >= 4 is 17.3 Å². The first kappa shape index (κ1) is 16.7. The van der Waals surface area contributed by atoms with Gasteiger partial charge in [0.2, 0.25) is 0 Å². The highest BCUT2D eigenvalue weighted by atomic mass is 32.1. The summed E-state index contributed by atoms with van der Waals surface area (Å²) < 4.78 is 0. The van der Waals surface area contributed by atoms with Crippen LogP contribution in [0.3, 0.4) is 0 Å². The number of azo groups is 1. The normalized spacial score (nSPS) is 21.9. The van der Waals surface area contributed by atoms with Crippen molar-refractivity contribution in [2.24, 2.45) is 10.2 Å². The zero-order chi connectivity index (χ0) is 15.3. The van der Waals surface area contributed by atoms with Gasteiger partial charge in [0.15, 0.2) is 5.11 Å². The van der Waals surface area contributed by atoms with Crippen molar-refractivity contribution in [1.82, 2.24) is 10.2 Å². The van der Waals surface area contributed by atoms with Gasteiger partial charge in [-0.1, -0.05) is 32.1 Å². The maximum atomic E-state index is 5.55. The van der Waals surface area contributed by atoms with Gasteiger partial charge in [0.05, 0.1) is 6.04 Å². The van der Waals surface area contributed by atoms with E-state index in [2.05, 4.69) is 27.5 Å². The van der Waals surface area contributed by atoms with Crippen molar-refractivity contribution in [2.75, 3.05) is 7.05 Å². The van der Waals surface area contributed by atoms with Gasteiger partial charge in [-0.3, -0.25) is 0 Å². The highest BCUT2D eigenvalue weighted by Crippen LogP contribution is 2.24. The van der Waals surface area contributed by atoms with Crippen LogP contribution in [-0.2, 0) is 0 Å². The van der Waals surface area contributed by atoms with Crippen molar-refractivity contribution in [2.45, 2.75) is 89.4 Å². The second-order valence-electron chi connectivity index (χ2n) is 7.05. The average Bonchev–Trinajstić information content (AvgIpc) is 2.99. The van der Waals surface area contributed by atoms with E-state index in [1.165, 1.54) is 57.8 Å². The van der Waals surface area contributed by atoms with Crippen molar-refractivity contribution in [1.29, 1.82) is 0 Å². The number of thiocarbonyl (C=S) groups is 1. The molecule has 0 bridgehead atoms. The van der Waals surface area contributed by atoms with E-state index in [0.717, 1.165) is 5.11 Å². The Balaban J connectivity index is 1.83. The molecule has 1 N–H and O–H groups in total. The fourth-order valence-electron chi connectivity index (χ4n) is 3.25. The molecule has 0 aliphatic heterocycles. The van der Waals surface area contributed by atoms with Crippen LogP contribution < -0.4 is 5.32 Å². The largest absolute Gasteiger partial charge is 0.349 e. The van der Waals surface area contributed by atoms with Gasteiger partial charge in [-0.2, -0.15) is 10.2 Å². The Bertz CT molecular complexity index is 368. The van der Waals surface area contributed by atoms with Gasteiger partial charge >= 0.3 is 0 Å². The summed E-state index contributed by atoms with van der Waals surface area (Å²) >= 11 is 5.55. The minimum absolute atomic E-state index is 0.415. The van der Waals surface area contributed by atoms with Gasteiger partial charge in [0.1, 0.15) is 5.66 Å². The first-order chi connectivity index (χ1) is 9.98. The molecule has 0 aromatic heterocycles. The molecule has 2 aliphatic rings. The van der Waals surface area contributed by atoms with E-state index in [4.69, 9.17) is 12.2 Å². The summed E-state index contributed by atoms with van der Waals surface area (Å²) in [6.45, 7) is 4.10. The Morgan fingerprint density at radius 1 is 1.05 bits per heavy atom. The Hall–Kier alpha value is -0.710. The molecule has 0 unspecified atom stereocenters. The van der Waals surface area contributed by atoms with Crippen LogP contribution in [0.1, 0.15) is 71.6 Å². The topological polar surface area (TPSA) is 40.0 Å². The molecule has 2 fully saturated rings. The maximum absolute atomic E-state index is 5.55. The van der Waals surface area contributed by atoms with Crippen LogP contribution in [0.2, 0.25) is 0 Å². The van der Waals surface area contributed by atoms with Crippen molar-refractivity contribution < 1.29 is 0 Å². The lowest BCUT2D eigenvalue weighted by molar-refractivity contribution is 0.338. The fraction of sp³-hybridized carbons (Fsp3) is 0.938. The van der Waals surface area contributed by atoms with Gasteiger partial charge < -0.3 is 10.2 Å². The molecule has 2 rings (SSSR count). The molecule has 21 heavy (non-hydrogen) atoms. The number of hydrogen-bond acceptors (Lipinski definition) is 3. The standard InChI is InChI=1S/C16H30N4S/c1-16(2,19-18-13-9-5-4-6-10-13)17-15(21)20(3)14-11-7-8-12-14/h13-14H,4-12H2,1-3H3,(H,17,21)/b19-18+. The van der Waals surface area contributed by atoms with Crippen molar-refractivity contribution in [3.63, 3.8) is 0 Å². The molecule has 120 valence electrons. The third-order valence-corrected chi connectivity index (χ3v) is 5.04. The molecule has 0 spiro atoms. The maximum Gasteiger partial charge on any atom is 0.170 e. The molecule has 0 heterocycles. The predicted molar refractivity (Wildman–Crippen MR) is 91.6 cm³/mol. The van der Waals surface area contributed by atoms with E-state index in [1.54, 1.807) is 0 Å². The van der Waals surface area contributed by atoms with Gasteiger partial charge in [0, 0.05) is 13.1 Å². The number of nitrogens with zero attached hydrogens (tertiary/aromatic N) is 3. The molecule has 4 nitrogen and oxygen atoms in total. The lowest BCUT2D eigenvalue weighted by atomic mass is 9.96. The lowest BCUT2D eigenvalue weighted by Gasteiger charge is -2.32. The number of nitrogens with one attached hydrogen (secondary N) is 1. The predicted octanol–water partition coefficient (Wildman–Crippen LogP) is 4.26. The zero-order valence-corrected chi connectivity index (χ0v) is 14.6. The summed E-state index contributed by atoms with van der Waals surface area (Å²) in [4.78, 5) is 2.21. The molecular weight excluding hydrogens is 280 g/mol. The summed E-state index contributed by atoms with van der Waals surface area (Å²) in [7, 11) is 2.10. The van der Waals surface area contributed by atoms with Gasteiger partial charge in [0.25, 0.3) is 0 Å². The molecule has 0 amide bonds. The van der Waals surface area contributed by atoms with Crippen LogP contribution in [0.25, 0.3) is 0 Å². The quantitative estimate of drug-likeness (QED) is 0.623. The minimum Gasteiger partial charge on any atom is -0.349 e. The zero-order valence-electron chi connectivity index (χ0n) is 13.8. The van der Waals surface area contributed by atoms with Gasteiger partial charge in [-0.05, 0) is 51.7 Å². The molecule has 0 saturated heterocycles. The van der Waals surface area contributed by atoms with E-state index in [1.807, 2.05) is 13.8 Å². The van der Waals surface area contributed by atoms with Crippen LogP contribution in [0.5, 0.6) is 0 Å². The first-order valence-electron chi connectivity index (χ1n) is 8.45. The van der Waals surface area contributed by atoms with Gasteiger partial charge in [-0.15, -0.1) is 0 Å². The summed E-state index contributed by atoms with van der Waals surface area (Å²) in [5.74, 6) is 0. The van der Waals surface area contributed by atoms with E-state index in [9.17, 15) is 0 Å². The summed E-state index contributed by atoms with van der Waals surface area (Å²) in [5, 5.41) is 13.2.